The molecular weight excluding hydrogens is 717 g/mol. The lowest BCUT2D eigenvalue weighted by Gasteiger charge is -2.11. The second-order valence-electron chi connectivity index (χ2n) is 14.0. The van der Waals surface area contributed by atoms with E-state index in [0.717, 1.165) is 82.0 Å². The van der Waals surface area contributed by atoms with Crippen molar-refractivity contribution in [1.82, 2.24) is 29.5 Å². The van der Waals surface area contributed by atoms with E-state index in [2.05, 4.69) is 150 Å². The van der Waals surface area contributed by atoms with E-state index in [1.807, 2.05) is 36.4 Å². The fourth-order valence-corrected chi connectivity index (χ4v) is 8.96. The average Bonchev–Trinajstić information content (AvgIpc) is 3.70. The zero-order valence-electron chi connectivity index (χ0n) is 30.6. The van der Waals surface area contributed by atoms with Gasteiger partial charge in [0.05, 0.1) is 21.3 Å². The number of rotatable bonds is 6. The molecule has 0 fully saturated rings. The topological polar surface area (TPSA) is 69.4 Å². The van der Waals surface area contributed by atoms with E-state index < -0.39 is 0 Å². The molecular formula is C50H32N6S. The van der Waals surface area contributed by atoms with Crippen LogP contribution in [0.25, 0.3) is 105 Å². The van der Waals surface area contributed by atoms with Gasteiger partial charge < -0.3 is 4.57 Å². The molecule has 1 aliphatic carbocycles. The highest BCUT2D eigenvalue weighted by Crippen LogP contribution is 2.42. The molecule has 1 aliphatic rings. The summed E-state index contributed by atoms with van der Waals surface area (Å²) in [4.78, 5) is 26.3. The molecule has 0 unspecified atom stereocenters. The van der Waals surface area contributed by atoms with Crippen molar-refractivity contribution in [2.45, 2.75) is 6.42 Å². The molecule has 7 heteroatoms. The first-order valence-corrected chi connectivity index (χ1v) is 19.8. The minimum atomic E-state index is 0.501. The SMILES string of the molecule is C1=CCC=CC(n2c3ccccc3c3c(-c4nc(-c5nc(-c6ccccc6)nc(-c6ccc(-c7ccccc7)cc6)n5)c5sc6ccccc6c5n4)cccc32)=C1. The summed E-state index contributed by atoms with van der Waals surface area (Å²) in [6.07, 6.45) is 11.8. The molecule has 6 nitrogen and oxygen atoms in total. The van der Waals surface area contributed by atoms with Crippen LogP contribution in [0.1, 0.15) is 6.42 Å². The fraction of sp³-hybridized carbons (Fsp3) is 0.0200. The molecule has 0 N–H and O–H groups in total. The van der Waals surface area contributed by atoms with Crippen molar-refractivity contribution in [3.05, 3.63) is 182 Å². The maximum absolute atomic E-state index is 5.45. The van der Waals surface area contributed by atoms with E-state index in [1.54, 1.807) is 11.3 Å². The van der Waals surface area contributed by atoms with Gasteiger partial charge in [-0.05, 0) is 47.9 Å². The number of allylic oxidation sites excluding steroid dienone is 6. The second-order valence-corrected chi connectivity index (χ2v) is 15.0. The van der Waals surface area contributed by atoms with E-state index in [0.29, 0.717) is 29.0 Å². The first-order valence-electron chi connectivity index (χ1n) is 19.0. The minimum Gasteiger partial charge on any atom is -0.309 e. The summed E-state index contributed by atoms with van der Waals surface area (Å²) in [6, 6.07) is 52.3. The molecule has 4 aromatic heterocycles. The molecule has 0 radical (unpaired) electrons. The Morgan fingerprint density at radius 1 is 0.474 bits per heavy atom. The molecule has 57 heavy (non-hydrogen) atoms. The third-order valence-corrected chi connectivity index (χ3v) is 11.7. The fourth-order valence-electron chi connectivity index (χ4n) is 7.83. The highest BCUT2D eigenvalue weighted by molar-refractivity contribution is 7.26. The summed E-state index contributed by atoms with van der Waals surface area (Å²) in [7, 11) is 0. The van der Waals surface area contributed by atoms with Gasteiger partial charge in [-0.25, -0.2) is 24.9 Å². The molecule has 0 saturated carbocycles. The summed E-state index contributed by atoms with van der Waals surface area (Å²) in [5.41, 5.74) is 9.91. The molecule has 0 amide bonds. The number of para-hydroxylation sites is 1. The van der Waals surface area contributed by atoms with Crippen molar-refractivity contribution in [3.8, 4) is 56.8 Å². The number of thiophene rings is 1. The molecule has 4 heterocycles. The van der Waals surface area contributed by atoms with E-state index >= 15 is 0 Å². The Bertz CT molecular complexity index is 3250. The summed E-state index contributed by atoms with van der Waals surface area (Å²) in [5.74, 6) is 2.29. The monoisotopic (exact) mass is 748 g/mol. The van der Waals surface area contributed by atoms with Crippen LogP contribution in [0.2, 0.25) is 0 Å². The predicted molar refractivity (Wildman–Crippen MR) is 236 cm³/mol. The molecule has 10 aromatic rings. The van der Waals surface area contributed by atoms with Crippen molar-refractivity contribution in [2.24, 2.45) is 0 Å². The molecule has 0 bridgehead atoms. The molecule has 0 aliphatic heterocycles. The quantitative estimate of drug-likeness (QED) is 0.169. The van der Waals surface area contributed by atoms with Gasteiger partial charge in [0.2, 0.25) is 0 Å². The predicted octanol–water partition coefficient (Wildman–Crippen LogP) is 12.8. The molecule has 6 aromatic carbocycles. The van der Waals surface area contributed by atoms with Crippen LogP contribution in [0.15, 0.2) is 182 Å². The number of nitrogens with zero attached hydrogens (tertiary/aromatic N) is 6. The van der Waals surface area contributed by atoms with E-state index in [9.17, 15) is 0 Å². The lowest BCUT2D eigenvalue weighted by molar-refractivity contribution is 1.06. The van der Waals surface area contributed by atoms with Gasteiger partial charge in [-0.15, -0.1) is 11.3 Å². The zero-order valence-corrected chi connectivity index (χ0v) is 31.4. The second kappa shape index (κ2) is 13.7. The molecule has 0 spiro atoms. The number of fused-ring (bicyclic) bond motifs is 6. The van der Waals surface area contributed by atoms with Gasteiger partial charge in [-0.2, -0.15) is 0 Å². The minimum absolute atomic E-state index is 0.501. The summed E-state index contributed by atoms with van der Waals surface area (Å²) < 4.78 is 4.41. The average molecular weight is 749 g/mol. The van der Waals surface area contributed by atoms with Crippen molar-refractivity contribution in [3.63, 3.8) is 0 Å². The maximum atomic E-state index is 5.45. The van der Waals surface area contributed by atoms with E-state index in [4.69, 9.17) is 24.9 Å². The zero-order chi connectivity index (χ0) is 37.7. The van der Waals surface area contributed by atoms with Crippen LogP contribution in [-0.2, 0) is 0 Å². The van der Waals surface area contributed by atoms with Crippen molar-refractivity contribution in [2.75, 3.05) is 0 Å². The smallest absolute Gasteiger partial charge is 0.184 e. The van der Waals surface area contributed by atoms with Crippen LogP contribution in [0.5, 0.6) is 0 Å². The maximum Gasteiger partial charge on any atom is 0.184 e. The molecule has 0 saturated heterocycles. The van der Waals surface area contributed by atoms with Crippen molar-refractivity contribution in [1.29, 1.82) is 0 Å². The third-order valence-electron chi connectivity index (χ3n) is 10.5. The van der Waals surface area contributed by atoms with Gasteiger partial charge in [0, 0.05) is 43.2 Å². The van der Waals surface area contributed by atoms with Gasteiger partial charge in [-0.1, -0.05) is 152 Å². The Kier molecular flexibility index (Phi) is 7.96. The van der Waals surface area contributed by atoms with Crippen LogP contribution in [0.3, 0.4) is 0 Å². The van der Waals surface area contributed by atoms with Crippen LogP contribution in [0, 0.1) is 0 Å². The van der Waals surface area contributed by atoms with E-state index in [-0.39, 0.29) is 0 Å². The van der Waals surface area contributed by atoms with Crippen molar-refractivity contribution >= 4 is 59.1 Å². The number of aromatic nitrogens is 6. The Morgan fingerprint density at radius 3 is 1.91 bits per heavy atom. The Hall–Kier alpha value is -7.35. The van der Waals surface area contributed by atoms with Crippen molar-refractivity contribution < 1.29 is 0 Å². The van der Waals surface area contributed by atoms with Gasteiger partial charge in [0.25, 0.3) is 0 Å². The normalized spacial score (nSPS) is 12.8. The highest BCUT2D eigenvalue weighted by Gasteiger charge is 2.23. The lowest BCUT2D eigenvalue weighted by atomic mass is 10.0. The van der Waals surface area contributed by atoms with Crippen LogP contribution < -0.4 is 0 Å². The first kappa shape index (κ1) is 33.0. The number of benzene rings is 6. The third kappa shape index (κ3) is 5.75. The standard InChI is InChI=1S/C50H32N6S/c1-2-10-21-36(20-9-1)56-40-25-13-11-22-37(40)43-39(24-15-26-41(43)56)49-51-44-38-23-12-14-27-42(38)57-46(44)45(52-49)50-54-47(34-18-7-4-8-19-34)53-48(55-50)35-30-28-33(29-31-35)32-16-5-3-6-17-32/h1,3-31H,2H2. The van der Waals surface area contributed by atoms with Crippen LogP contribution in [0.4, 0.5) is 0 Å². The van der Waals surface area contributed by atoms with Crippen LogP contribution in [-0.4, -0.2) is 29.5 Å². The summed E-state index contributed by atoms with van der Waals surface area (Å²) in [6.45, 7) is 0. The Labute approximate surface area is 332 Å². The summed E-state index contributed by atoms with van der Waals surface area (Å²) in [5, 5.41) is 3.31. The van der Waals surface area contributed by atoms with Gasteiger partial charge in [0.15, 0.2) is 23.3 Å². The van der Waals surface area contributed by atoms with E-state index in [1.165, 1.54) is 0 Å². The summed E-state index contributed by atoms with van der Waals surface area (Å²) >= 11 is 1.67. The van der Waals surface area contributed by atoms with Gasteiger partial charge >= 0.3 is 0 Å². The lowest BCUT2D eigenvalue weighted by Crippen LogP contribution is -2.03. The first-order chi connectivity index (χ1) is 28.3. The highest BCUT2D eigenvalue weighted by atomic mass is 32.1. The van der Waals surface area contributed by atoms with Gasteiger partial charge in [-0.3, -0.25) is 0 Å². The molecule has 11 rings (SSSR count). The Balaban J connectivity index is 1.17. The molecule has 0 atom stereocenters. The van der Waals surface area contributed by atoms with Crippen LogP contribution >= 0.6 is 11.3 Å². The van der Waals surface area contributed by atoms with Gasteiger partial charge in [0.1, 0.15) is 5.69 Å². The number of hydrogen-bond acceptors (Lipinski definition) is 6. The Morgan fingerprint density at radius 2 is 1.11 bits per heavy atom. The number of hydrogen-bond donors (Lipinski definition) is 0. The molecule has 268 valence electrons. The largest absolute Gasteiger partial charge is 0.309 e.